The molecule has 162 valence electrons. The average molecular weight is 454 g/mol. The van der Waals surface area contributed by atoms with E-state index in [0.29, 0.717) is 35.1 Å². The van der Waals surface area contributed by atoms with Gasteiger partial charge in [0, 0.05) is 24.2 Å². The minimum Gasteiger partial charge on any atom is -0.493 e. The van der Waals surface area contributed by atoms with Crippen molar-refractivity contribution in [1.29, 1.82) is 0 Å². The monoisotopic (exact) mass is 453 g/mol. The highest BCUT2D eigenvalue weighted by molar-refractivity contribution is 7.89. The maximum Gasteiger partial charge on any atom is 0.314 e. The lowest BCUT2D eigenvalue weighted by Gasteiger charge is -2.30. The molecule has 2 aromatic rings. The predicted octanol–water partition coefficient (Wildman–Crippen LogP) is 3.67. The van der Waals surface area contributed by atoms with E-state index in [-0.39, 0.29) is 29.9 Å². The summed E-state index contributed by atoms with van der Waals surface area (Å²) in [5, 5.41) is 0.570. The molecule has 3 rings (SSSR count). The van der Waals surface area contributed by atoms with Crippen LogP contribution < -0.4 is 14.2 Å². The van der Waals surface area contributed by atoms with Gasteiger partial charge in [-0.05, 0) is 55.7 Å². The molecule has 0 radical (unpaired) electrons. The first-order chi connectivity index (χ1) is 14.3. The Hall–Kier alpha value is -2.29. The molecule has 9 heteroatoms. The molecule has 30 heavy (non-hydrogen) atoms. The van der Waals surface area contributed by atoms with Gasteiger partial charge in [-0.25, -0.2) is 8.42 Å². The Balaban J connectivity index is 1.66. The number of ether oxygens (including phenoxy) is 3. The van der Waals surface area contributed by atoms with E-state index < -0.39 is 10.0 Å². The molecule has 1 aliphatic rings. The van der Waals surface area contributed by atoms with Crippen LogP contribution >= 0.6 is 11.6 Å². The lowest BCUT2D eigenvalue weighted by atomic mass is 9.98. The number of rotatable bonds is 6. The first-order valence-electron chi connectivity index (χ1n) is 9.46. The predicted molar refractivity (Wildman–Crippen MR) is 113 cm³/mol. The molecule has 7 nitrogen and oxygen atoms in total. The van der Waals surface area contributed by atoms with E-state index in [4.69, 9.17) is 25.8 Å². The Bertz CT molecular complexity index is 1030. The summed E-state index contributed by atoms with van der Waals surface area (Å²) in [5.41, 5.74) is 0.768. The third kappa shape index (κ3) is 4.71. The van der Waals surface area contributed by atoms with Gasteiger partial charge in [0.25, 0.3) is 0 Å². The Morgan fingerprint density at radius 3 is 2.23 bits per heavy atom. The van der Waals surface area contributed by atoms with Crippen LogP contribution in [-0.2, 0) is 14.8 Å². The fourth-order valence-corrected chi connectivity index (χ4v) is 5.09. The molecule has 2 aromatic carbocycles. The quantitative estimate of drug-likeness (QED) is 0.490. The zero-order valence-corrected chi connectivity index (χ0v) is 18.6. The largest absolute Gasteiger partial charge is 0.493 e. The molecule has 1 fully saturated rings. The number of halogens is 1. The van der Waals surface area contributed by atoms with Crippen LogP contribution in [0.2, 0.25) is 5.02 Å². The highest BCUT2D eigenvalue weighted by atomic mass is 35.5. The van der Waals surface area contributed by atoms with Crippen molar-refractivity contribution in [2.24, 2.45) is 5.92 Å². The summed E-state index contributed by atoms with van der Waals surface area (Å²) < 4.78 is 43.3. The SMILES string of the molecule is COc1ccc(S(=O)(=O)N2CCC(C(=O)Oc3ccc(Cl)cc3C)CC2)cc1OC. The average Bonchev–Trinajstić information content (AvgIpc) is 2.75. The number of esters is 1. The van der Waals surface area contributed by atoms with E-state index in [1.807, 2.05) is 6.92 Å². The van der Waals surface area contributed by atoms with Crippen molar-refractivity contribution in [2.45, 2.75) is 24.7 Å². The van der Waals surface area contributed by atoms with Crippen LogP contribution in [0.15, 0.2) is 41.3 Å². The van der Waals surface area contributed by atoms with Gasteiger partial charge in [0.1, 0.15) is 5.75 Å². The molecule has 0 N–H and O–H groups in total. The number of aryl methyl sites for hydroxylation is 1. The third-order valence-electron chi connectivity index (χ3n) is 5.13. The number of sulfonamides is 1. The van der Waals surface area contributed by atoms with Crippen molar-refractivity contribution in [3.05, 3.63) is 47.0 Å². The topological polar surface area (TPSA) is 82.1 Å². The summed E-state index contributed by atoms with van der Waals surface area (Å²) in [6, 6.07) is 9.53. The number of hydrogen-bond donors (Lipinski definition) is 0. The van der Waals surface area contributed by atoms with Crippen LogP contribution in [0.3, 0.4) is 0 Å². The fourth-order valence-electron chi connectivity index (χ4n) is 3.38. The lowest BCUT2D eigenvalue weighted by Crippen LogP contribution is -2.41. The smallest absolute Gasteiger partial charge is 0.314 e. The molecule has 1 saturated heterocycles. The Morgan fingerprint density at radius 1 is 1.00 bits per heavy atom. The number of hydrogen-bond acceptors (Lipinski definition) is 6. The number of benzene rings is 2. The molecule has 0 amide bonds. The Labute approximate surface area is 181 Å². The Morgan fingerprint density at radius 2 is 1.63 bits per heavy atom. The summed E-state index contributed by atoms with van der Waals surface area (Å²) in [6.07, 6.45) is 0.774. The van der Waals surface area contributed by atoms with E-state index in [9.17, 15) is 13.2 Å². The normalized spacial score (nSPS) is 15.6. The molecular weight excluding hydrogens is 430 g/mol. The molecule has 1 aliphatic heterocycles. The van der Waals surface area contributed by atoms with Crippen LogP contribution in [0.5, 0.6) is 17.2 Å². The van der Waals surface area contributed by atoms with Gasteiger partial charge in [0.2, 0.25) is 10.0 Å². The molecule has 0 saturated carbocycles. The number of piperidine rings is 1. The van der Waals surface area contributed by atoms with E-state index in [1.165, 1.54) is 30.7 Å². The van der Waals surface area contributed by atoms with Gasteiger partial charge in [-0.2, -0.15) is 4.31 Å². The summed E-state index contributed by atoms with van der Waals surface area (Å²) >= 11 is 5.93. The minimum atomic E-state index is -3.71. The lowest BCUT2D eigenvalue weighted by molar-refractivity contribution is -0.140. The summed E-state index contributed by atoms with van der Waals surface area (Å²) in [7, 11) is -0.768. The zero-order chi connectivity index (χ0) is 21.9. The molecule has 0 spiro atoms. The van der Waals surface area contributed by atoms with E-state index in [1.54, 1.807) is 24.3 Å². The van der Waals surface area contributed by atoms with Crippen LogP contribution in [0.1, 0.15) is 18.4 Å². The minimum absolute atomic E-state index is 0.123. The number of nitrogens with zero attached hydrogens (tertiary/aromatic N) is 1. The first-order valence-corrected chi connectivity index (χ1v) is 11.3. The van der Waals surface area contributed by atoms with Crippen molar-refractivity contribution < 1.29 is 27.4 Å². The van der Waals surface area contributed by atoms with Gasteiger partial charge in [0.05, 0.1) is 25.0 Å². The van der Waals surface area contributed by atoms with Crippen LogP contribution in [0.4, 0.5) is 0 Å². The van der Waals surface area contributed by atoms with Crippen molar-refractivity contribution in [3.63, 3.8) is 0 Å². The van der Waals surface area contributed by atoms with Gasteiger partial charge >= 0.3 is 5.97 Å². The van der Waals surface area contributed by atoms with Gasteiger partial charge < -0.3 is 14.2 Å². The number of carbonyl (C=O) groups is 1. The van der Waals surface area contributed by atoms with Crippen molar-refractivity contribution in [1.82, 2.24) is 4.31 Å². The fraction of sp³-hybridized carbons (Fsp3) is 0.381. The highest BCUT2D eigenvalue weighted by Crippen LogP contribution is 2.32. The maximum absolute atomic E-state index is 13.0. The van der Waals surface area contributed by atoms with Crippen molar-refractivity contribution in [3.8, 4) is 17.2 Å². The second-order valence-corrected chi connectivity index (χ2v) is 9.40. The molecule has 1 heterocycles. The second-order valence-electron chi connectivity index (χ2n) is 7.03. The standard InChI is InChI=1S/C21H24ClNO6S/c1-14-12-16(22)4-6-18(14)29-21(24)15-8-10-23(11-9-15)30(25,26)17-5-7-19(27-2)20(13-17)28-3/h4-7,12-13,15H,8-11H2,1-3H3. The third-order valence-corrected chi connectivity index (χ3v) is 7.26. The van der Waals surface area contributed by atoms with Gasteiger partial charge in [-0.1, -0.05) is 11.6 Å². The molecule has 0 aromatic heterocycles. The molecular formula is C21H24ClNO6S. The number of carbonyl (C=O) groups excluding carboxylic acids is 1. The van der Waals surface area contributed by atoms with Gasteiger partial charge in [0.15, 0.2) is 11.5 Å². The first kappa shape index (κ1) is 22.4. The van der Waals surface area contributed by atoms with Crippen LogP contribution in [0.25, 0.3) is 0 Å². The molecule has 0 bridgehead atoms. The van der Waals surface area contributed by atoms with Gasteiger partial charge in [-0.3, -0.25) is 4.79 Å². The van der Waals surface area contributed by atoms with Gasteiger partial charge in [-0.15, -0.1) is 0 Å². The zero-order valence-electron chi connectivity index (χ0n) is 17.1. The molecule has 0 atom stereocenters. The Kier molecular flexibility index (Phi) is 6.90. The summed E-state index contributed by atoms with van der Waals surface area (Å²) in [4.78, 5) is 12.7. The van der Waals surface area contributed by atoms with Crippen LogP contribution in [0, 0.1) is 12.8 Å². The maximum atomic E-state index is 13.0. The molecule has 0 aliphatic carbocycles. The van der Waals surface area contributed by atoms with Crippen molar-refractivity contribution >= 4 is 27.6 Å². The number of methoxy groups -OCH3 is 2. The van der Waals surface area contributed by atoms with E-state index in [2.05, 4.69) is 0 Å². The highest BCUT2D eigenvalue weighted by Gasteiger charge is 2.33. The summed E-state index contributed by atoms with van der Waals surface area (Å²) in [5.74, 6) is 0.538. The van der Waals surface area contributed by atoms with E-state index in [0.717, 1.165) is 5.56 Å². The second kappa shape index (κ2) is 9.24. The van der Waals surface area contributed by atoms with Crippen molar-refractivity contribution in [2.75, 3.05) is 27.3 Å². The van der Waals surface area contributed by atoms with E-state index >= 15 is 0 Å². The molecule has 0 unspecified atom stereocenters. The van der Waals surface area contributed by atoms with Crippen LogP contribution in [-0.4, -0.2) is 46.0 Å². The summed E-state index contributed by atoms with van der Waals surface area (Å²) in [6.45, 7) is 2.28.